The third-order valence-electron chi connectivity index (χ3n) is 4.24. The zero-order chi connectivity index (χ0) is 9.15. The van der Waals surface area contributed by atoms with Crippen molar-refractivity contribution in [2.45, 2.75) is 51.9 Å². The average Bonchev–Trinajstić information content (AvgIpc) is 2.32. The minimum Gasteiger partial charge on any atom is -0.317 e. The van der Waals surface area contributed by atoms with E-state index in [1.165, 1.54) is 58.0 Å². The predicted molar refractivity (Wildman–Crippen MR) is 56.8 cm³/mol. The molecule has 0 aromatic rings. The Kier molecular flexibility index (Phi) is 2.92. The molecule has 1 unspecified atom stereocenters. The molecule has 0 bridgehead atoms. The largest absolute Gasteiger partial charge is 0.317 e. The van der Waals surface area contributed by atoms with Crippen molar-refractivity contribution in [3.63, 3.8) is 0 Å². The van der Waals surface area contributed by atoms with Crippen LogP contribution in [0.15, 0.2) is 0 Å². The van der Waals surface area contributed by atoms with Gasteiger partial charge in [-0.2, -0.15) is 0 Å². The number of hydrogen-bond donors (Lipinski definition) is 1. The van der Waals surface area contributed by atoms with Gasteiger partial charge >= 0.3 is 0 Å². The molecule has 1 heteroatoms. The maximum Gasteiger partial charge on any atom is -0.00436 e. The normalized spacial score (nSPS) is 34.4. The molecule has 1 heterocycles. The first-order chi connectivity index (χ1) is 6.31. The second-order valence-corrected chi connectivity index (χ2v) is 5.29. The molecule has 1 N–H and O–H groups in total. The molecule has 0 aromatic heterocycles. The fourth-order valence-corrected chi connectivity index (χ4v) is 3.10. The van der Waals surface area contributed by atoms with Crippen LogP contribution < -0.4 is 5.32 Å². The van der Waals surface area contributed by atoms with Crippen molar-refractivity contribution in [3.05, 3.63) is 0 Å². The van der Waals surface area contributed by atoms with Gasteiger partial charge in [-0.15, -0.1) is 0 Å². The molecule has 1 spiro atoms. The standard InChI is InChI=1S/C12H23N/c1-11-3-2-5-12(6-4-11)7-9-13-10-8-12/h11,13H,2-10H2,1H3. The zero-order valence-corrected chi connectivity index (χ0v) is 8.94. The van der Waals surface area contributed by atoms with Crippen molar-refractivity contribution >= 4 is 0 Å². The van der Waals surface area contributed by atoms with Gasteiger partial charge in [-0.05, 0) is 50.1 Å². The van der Waals surface area contributed by atoms with Crippen molar-refractivity contribution in [1.29, 1.82) is 0 Å². The molecule has 2 rings (SSSR count). The molecule has 1 saturated carbocycles. The molecule has 1 atom stereocenters. The van der Waals surface area contributed by atoms with Gasteiger partial charge in [0.2, 0.25) is 0 Å². The quantitative estimate of drug-likeness (QED) is 0.606. The van der Waals surface area contributed by atoms with Crippen LogP contribution in [0.1, 0.15) is 51.9 Å². The lowest BCUT2D eigenvalue weighted by atomic mass is 9.73. The molecule has 13 heavy (non-hydrogen) atoms. The molecule has 1 aliphatic heterocycles. The molecule has 0 amide bonds. The van der Waals surface area contributed by atoms with E-state index < -0.39 is 0 Å². The summed E-state index contributed by atoms with van der Waals surface area (Å²) in [7, 11) is 0. The summed E-state index contributed by atoms with van der Waals surface area (Å²) in [6, 6.07) is 0. The van der Waals surface area contributed by atoms with Crippen molar-refractivity contribution in [2.24, 2.45) is 11.3 Å². The van der Waals surface area contributed by atoms with Gasteiger partial charge in [0.25, 0.3) is 0 Å². The van der Waals surface area contributed by atoms with Crippen molar-refractivity contribution < 1.29 is 0 Å². The van der Waals surface area contributed by atoms with E-state index in [0.29, 0.717) is 0 Å². The maximum atomic E-state index is 3.49. The minimum absolute atomic E-state index is 0.760. The fourth-order valence-electron chi connectivity index (χ4n) is 3.10. The highest BCUT2D eigenvalue weighted by atomic mass is 14.9. The highest BCUT2D eigenvalue weighted by Gasteiger charge is 2.33. The minimum atomic E-state index is 0.760. The smallest absolute Gasteiger partial charge is 0.00436 e. The molecular weight excluding hydrogens is 158 g/mol. The zero-order valence-electron chi connectivity index (χ0n) is 8.94. The van der Waals surface area contributed by atoms with Gasteiger partial charge < -0.3 is 5.32 Å². The van der Waals surface area contributed by atoms with E-state index in [-0.39, 0.29) is 0 Å². The van der Waals surface area contributed by atoms with E-state index in [4.69, 9.17) is 0 Å². The first-order valence-corrected chi connectivity index (χ1v) is 6.02. The summed E-state index contributed by atoms with van der Waals surface area (Å²) in [6.45, 7) is 4.98. The fraction of sp³-hybridized carbons (Fsp3) is 1.00. The lowest BCUT2D eigenvalue weighted by Gasteiger charge is -2.37. The monoisotopic (exact) mass is 181 g/mol. The molecule has 1 aliphatic carbocycles. The van der Waals surface area contributed by atoms with Crippen molar-refractivity contribution in [3.8, 4) is 0 Å². The van der Waals surface area contributed by atoms with Crippen LogP contribution in [0, 0.1) is 11.3 Å². The van der Waals surface area contributed by atoms with E-state index in [1.807, 2.05) is 0 Å². The Morgan fingerprint density at radius 3 is 2.54 bits per heavy atom. The summed E-state index contributed by atoms with van der Waals surface area (Å²) in [5.41, 5.74) is 0.760. The Balaban J connectivity index is 1.95. The first-order valence-electron chi connectivity index (χ1n) is 6.02. The van der Waals surface area contributed by atoms with E-state index in [9.17, 15) is 0 Å². The van der Waals surface area contributed by atoms with Crippen LogP contribution in [0.4, 0.5) is 0 Å². The van der Waals surface area contributed by atoms with Gasteiger partial charge in [0, 0.05) is 0 Å². The Hall–Kier alpha value is -0.0400. The highest BCUT2D eigenvalue weighted by molar-refractivity contribution is 4.86. The Morgan fingerprint density at radius 1 is 1.00 bits per heavy atom. The molecular formula is C12H23N. The highest BCUT2D eigenvalue weighted by Crippen LogP contribution is 2.43. The van der Waals surface area contributed by atoms with Gasteiger partial charge in [0.1, 0.15) is 0 Å². The summed E-state index contributed by atoms with van der Waals surface area (Å²) in [6.07, 6.45) is 10.4. The van der Waals surface area contributed by atoms with Crippen LogP contribution >= 0.6 is 0 Å². The third kappa shape index (κ3) is 2.25. The van der Waals surface area contributed by atoms with E-state index in [1.54, 1.807) is 0 Å². The van der Waals surface area contributed by atoms with Crippen LogP contribution in [-0.2, 0) is 0 Å². The van der Waals surface area contributed by atoms with E-state index in [2.05, 4.69) is 12.2 Å². The Morgan fingerprint density at radius 2 is 1.77 bits per heavy atom. The second-order valence-electron chi connectivity index (χ2n) is 5.29. The van der Waals surface area contributed by atoms with Gasteiger partial charge in [-0.1, -0.05) is 26.2 Å². The van der Waals surface area contributed by atoms with Crippen LogP contribution in [0.25, 0.3) is 0 Å². The lowest BCUT2D eigenvalue weighted by Crippen LogP contribution is -2.36. The molecule has 1 nitrogen and oxygen atoms in total. The van der Waals surface area contributed by atoms with Gasteiger partial charge in [-0.25, -0.2) is 0 Å². The SMILES string of the molecule is CC1CCCC2(CCNCC2)CC1. The number of rotatable bonds is 0. The third-order valence-corrected chi connectivity index (χ3v) is 4.24. The molecule has 2 aliphatic rings. The predicted octanol–water partition coefficient (Wildman–Crippen LogP) is 2.96. The summed E-state index contributed by atoms with van der Waals surface area (Å²) in [4.78, 5) is 0. The van der Waals surface area contributed by atoms with Crippen molar-refractivity contribution in [2.75, 3.05) is 13.1 Å². The van der Waals surface area contributed by atoms with Crippen LogP contribution in [0.2, 0.25) is 0 Å². The topological polar surface area (TPSA) is 12.0 Å². The second kappa shape index (κ2) is 4.00. The molecule has 76 valence electrons. The lowest BCUT2D eigenvalue weighted by molar-refractivity contribution is 0.170. The number of piperidine rings is 1. The molecule has 0 radical (unpaired) electrons. The van der Waals surface area contributed by atoms with Gasteiger partial charge in [0.15, 0.2) is 0 Å². The number of nitrogens with one attached hydrogen (secondary N) is 1. The van der Waals surface area contributed by atoms with Crippen LogP contribution in [0.5, 0.6) is 0 Å². The van der Waals surface area contributed by atoms with Crippen molar-refractivity contribution in [1.82, 2.24) is 5.32 Å². The first kappa shape index (κ1) is 9.51. The van der Waals surface area contributed by atoms with E-state index in [0.717, 1.165) is 11.3 Å². The van der Waals surface area contributed by atoms with Crippen LogP contribution in [-0.4, -0.2) is 13.1 Å². The Labute approximate surface area is 82.3 Å². The van der Waals surface area contributed by atoms with E-state index >= 15 is 0 Å². The molecule has 0 aromatic carbocycles. The molecule has 2 fully saturated rings. The maximum absolute atomic E-state index is 3.49. The summed E-state index contributed by atoms with van der Waals surface area (Å²) in [5, 5.41) is 3.49. The van der Waals surface area contributed by atoms with Gasteiger partial charge in [-0.3, -0.25) is 0 Å². The van der Waals surface area contributed by atoms with Crippen LogP contribution in [0.3, 0.4) is 0 Å². The Bertz CT molecular complexity index is 159. The summed E-state index contributed by atoms with van der Waals surface area (Å²) >= 11 is 0. The molecule has 1 saturated heterocycles. The number of hydrogen-bond acceptors (Lipinski definition) is 1. The summed E-state index contributed by atoms with van der Waals surface area (Å²) < 4.78 is 0. The van der Waals surface area contributed by atoms with Gasteiger partial charge in [0.05, 0.1) is 0 Å². The summed E-state index contributed by atoms with van der Waals surface area (Å²) in [5.74, 6) is 0.995. The average molecular weight is 181 g/mol.